The maximum absolute atomic E-state index is 11.7. The first kappa shape index (κ1) is 19.6. The van der Waals surface area contributed by atoms with E-state index in [1.54, 1.807) is 24.1 Å². The van der Waals surface area contributed by atoms with Crippen LogP contribution in [0.25, 0.3) is 11.3 Å². The van der Waals surface area contributed by atoms with E-state index in [0.717, 1.165) is 42.8 Å². The molecule has 0 unspecified atom stereocenters. The van der Waals surface area contributed by atoms with E-state index < -0.39 is 10.0 Å². The van der Waals surface area contributed by atoms with Crippen LogP contribution in [0.1, 0.15) is 25.7 Å². The fourth-order valence-electron chi connectivity index (χ4n) is 3.54. The second kappa shape index (κ2) is 7.81. The summed E-state index contributed by atoms with van der Waals surface area (Å²) in [5, 5.41) is 10.8. The van der Waals surface area contributed by atoms with Crippen molar-refractivity contribution in [3.63, 3.8) is 0 Å². The molecule has 2 heterocycles. The third kappa shape index (κ3) is 4.38. The molecule has 0 aliphatic heterocycles. The summed E-state index contributed by atoms with van der Waals surface area (Å²) >= 11 is 0. The van der Waals surface area contributed by atoms with E-state index in [9.17, 15) is 8.42 Å². The first-order chi connectivity index (χ1) is 12.8. The van der Waals surface area contributed by atoms with Crippen LogP contribution in [0.4, 0.5) is 11.8 Å². The molecule has 10 heteroatoms. The summed E-state index contributed by atoms with van der Waals surface area (Å²) < 4.78 is 26.7. The number of sulfonamides is 1. The third-order valence-electron chi connectivity index (χ3n) is 5.17. The molecular weight excluding hydrogens is 366 g/mol. The Labute approximate surface area is 160 Å². The Kier molecular flexibility index (Phi) is 5.66. The summed E-state index contributed by atoms with van der Waals surface area (Å²) in [5.41, 5.74) is 1.72. The first-order valence-electron chi connectivity index (χ1n) is 9.02. The number of rotatable bonds is 6. The highest BCUT2D eigenvalue weighted by molar-refractivity contribution is 7.88. The SMILES string of the molecule is CNc1c(-c2ccnc(NC3CCC(N(C)S(C)(=O)=O)CC3)n2)cnn1C. The molecule has 0 atom stereocenters. The lowest BCUT2D eigenvalue weighted by atomic mass is 9.91. The van der Waals surface area contributed by atoms with Crippen molar-refractivity contribution in [3.05, 3.63) is 18.5 Å². The van der Waals surface area contributed by atoms with Crippen molar-refractivity contribution >= 4 is 21.8 Å². The molecule has 0 spiro atoms. The molecule has 1 fully saturated rings. The largest absolute Gasteiger partial charge is 0.373 e. The van der Waals surface area contributed by atoms with Crippen molar-refractivity contribution < 1.29 is 8.42 Å². The Morgan fingerprint density at radius 3 is 2.59 bits per heavy atom. The van der Waals surface area contributed by atoms with Crippen molar-refractivity contribution in [2.24, 2.45) is 7.05 Å². The van der Waals surface area contributed by atoms with Crippen LogP contribution in [0.2, 0.25) is 0 Å². The Bertz CT molecular complexity index is 888. The van der Waals surface area contributed by atoms with Crippen LogP contribution < -0.4 is 10.6 Å². The maximum atomic E-state index is 11.7. The number of aromatic nitrogens is 4. The molecule has 0 saturated heterocycles. The lowest BCUT2D eigenvalue weighted by Crippen LogP contribution is -2.41. The highest BCUT2D eigenvalue weighted by Gasteiger charge is 2.28. The third-order valence-corrected chi connectivity index (χ3v) is 6.52. The molecule has 0 bridgehead atoms. The minimum Gasteiger partial charge on any atom is -0.373 e. The van der Waals surface area contributed by atoms with E-state index in [2.05, 4.69) is 25.7 Å². The molecule has 2 aromatic heterocycles. The maximum Gasteiger partial charge on any atom is 0.223 e. The quantitative estimate of drug-likeness (QED) is 0.767. The predicted octanol–water partition coefficient (Wildman–Crippen LogP) is 1.53. The molecule has 3 rings (SSSR count). The molecule has 148 valence electrons. The van der Waals surface area contributed by atoms with Crippen LogP contribution in [0.15, 0.2) is 18.5 Å². The summed E-state index contributed by atoms with van der Waals surface area (Å²) in [4.78, 5) is 8.97. The van der Waals surface area contributed by atoms with Crippen LogP contribution >= 0.6 is 0 Å². The van der Waals surface area contributed by atoms with Crippen LogP contribution in [0.5, 0.6) is 0 Å². The molecule has 1 saturated carbocycles. The number of anilines is 2. The lowest BCUT2D eigenvalue weighted by molar-refractivity contribution is 0.276. The van der Waals surface area contributed by atoms with Gasteiger partial charge in [0, 0.05) is 39.4 Å². The fraction of sp³-hybridized carbons (Fsp3) is 0.588. The van der Waals surface area contributed by atoms with Crippen LogP contribution in [0.3, 0.4) is 0 Å². The van der Waals surface area contributed by atoms with Gasteiger partial charge in [0.2, 0.25) is 16.0 Å². The van der Waals surface area contributed by atoms with E-state index in [4.69, 9.17) is 0 Å². The van der Waals surface area contributed by atoms with E-state index >= 15 is 0 Å². The van der Waals surface area contributed by atoms with Gasteiger partial charge in [-0.15, -0.1) is 0 Å². The zero-order valence-corrected chi connectivity index (χ0v) is 17.0. The summed E-state index contributed by atoms with van der Waals surface area (Å²) in [7, 11) is 2.25. The van der Waals surface area contributed by atoms with Gasteiger partial charge in [0.15, 0.2) is 0 Å². The van der Waals surface area contributed by atoms with Gasteiger partial charge in [0.25, 0.3) is 0 Å². The average molecular weight is 394 g/mol. The number of nitrogens with zero attached hydrogens (tertiary/aromatic N) is 5. The molecular formula is C17H27N7O2S. The molecule has 27 heavy (non-hydrogen) atoms. The van der Waals surface area contributed by atoms with Crippen molar-refractivity contribution in [2.75, 3.05) is 31.0 Å². The van der Waals surface area contributed by atoms with Crippen LogP contribution in [-0.4, -0.2) is 64.9 Å². The summed E-state index contributed by atoms with van der Waals surface area (Å²) in [6.07, 6.45) is 8.19. The average Bonchev–Trinajstić information content (AvgIpc) is 3.02. The Morgan fingerprint density at radius 1 is 1.26 bits per heavy atom. The number of nitrogens with one attached hydrogen (secondary N) is 2. The minimum absolute atomic E-state index is 0.0684. The van der Waals surface area contributed by atoms with Gasteiger partial charge in [-0.25, -0.2) is 22.7 Å². The molecule has 0 amide bonds. The Morgan fingerprint density at radius 2 is 1.96 bits per heavy atom. The van der Waals surface area contributed by atoms with Gasteiger partial charge in [0.1, 0.15) is 5.82 Å². The molecule has 0 radical (unpaired) electrons. The van der Waals surface area contributed by atoms with E-state index in [1.807, 2.05) is 20.2 Å². The molecule has 9 nitrogen and oxygen atoms in total. The van der Waals surface area contributed by atoms with Gasteiger partial charge < -0.3 is 10.6 Å². The Hall–Kier alpha value is -2.20. The molecule has 0 aromatic carbocycles. The number of hydrogen-bond acceptors (Lipinski definition) is 7. The van der Waals surface area contributed by atoms with E-state index in [0.29, 0.717) is 5.95 Å². The first-order valence-corrected chi connectivity index (χ1v) is 10.9. The van der Waals surface area contributed by atoms with Crippen molar-refractivity contribution in [3.8, 4) is 11.3 Å². The highest BCUT2D eigenvalue weighted by atomic mass is 32.2. The lowest BCUT2D eigenvalue weighted by Gasteiger charge is -2.33. The Balaban J connectivity index is 1.66. The monoisotopic (exact) mass is 393 g/mol. The normalized spacial score (nSPS) is 20.6. The predicted molar refractivity (Wildman–Crippen MR) is 106 cm³/mol. The summed E-state index contributed by atoms with van der Waals surface area (Å²) in [6.45, 7) is 0. The second-order valence-corrected chi connectivity index (χ2v) is 9.02. The van der Waals surface area contributed by atoms with Gasteiger partial charge in [-0.1, -0.05) is 0 Å². The smallest absolute Gasteiger partial charge is 0.223 e. The summed E-state index contributed by atoms with van der Waals surface area (Å²) in [6, 6.07) is 2.17. The minimum atomic E-state index is -3.15. The molecule has 2 aromatic rings. The van der Waals surface area contributed by atoms with Gasteiger partial charge in [-0.2, -0.15) is 5.10 Å². The zero-order chi connectivity index (χ0) is 19.6. The van der Waals surface area contributed by atoms with E-state index in [1.165, 1.54) is 10.6 Å². The molecule has 1 aliphatic rings. The van der Waals surface area contributed by atoms with Gasteiger partial charge >= 0.3 is 0 Å². The second-order valence-electron chi connectivity index (χ2n) is 6.97. The highest BCUT2D eigenvalue weighted by Crippen LogP contribution is 2.28. The topological polar surface area (TPSA) is 105 Å². The zero-order valence-electron chi connectivity index (χ0n) is 16.2. The van der Waals surface area contributed by atoms with Crippen LogP contribution in [-0.2, 0) is 17.1 Å². The van der Waals surface area contributed by atoms with Gasteiger partial charge in [0.05, 0.1) is 23.7 Å². The molecule has 1 aliphatic carbocycles. The van der Waals surface area contributed by atoms with Crippen LogP contribution in [0, 0.1) is 0 Å². The molecule has 2 N–H and O–H groups in total. The standard InChI is InChI=1S/C17H27N7O2S/c1-18-16-14(11-20-23(16)2)15-9-10-19-17(22-15)21-12-5-7-13(8-6-12)24(3)27(4,25)26/h9-13,18H,5-8H2,1-4H3,(H,19,21,22). The van der Waals surface area contributed by atoms with Gasteiger partial charge in [-0.05, 0) is 31.7 Å². The number of hydrogen-bond donors (Lipinski definition) is 2. The van der Waals surface area contributed by atoms with E-state index in [-0.39, 0.29) is 12.1 Å². The number of aryl methyl sites for hydroxylation is 1. The summed E-state index contributed by atoms with van der Waals surface area (Å²) in [5.74, 6) is 1.47. The fourth-order valence-corrected chi connectivity index (χ4v) is 4.29. The van der Waals surface area contributed by atoms with Crippen molar-refractivity contribution in [1.29, 1.82) is 0 Å². The van der Waals surface area contributed by atoms with Crippen molar-refractivity contribution in [2.45, 2.75) is 37.8 Å². The van der Waals surface area contributed by atoms with Crippen molar-refractivity contribution in [1.82, 2.24) is 24.1 Å². The van der Waals surface area contributed by atoms with Gasteiger partial charge in [-0.3, -0.25) is 4.68 Å².